The molecule has 5 aromatic rings. The quantitative estimate of drug-likeness (QED) is 0.230. The third-order valence-electron chi connectivity index (χ3n) is 7.74. The van der Waals surface area contributed by atoms with Crippen molar-refractivity contribution < 1.29 is 19.4 Å². The highest BCUT2D eigenvalue weighted by atomic mass is 35.5. The molecule has 4 heterocycles. The molecule has 0 bridgehead atoms. The van der Waals surface area contributed by atoms with Gasteiger partial charge in [-0.25, -0.2) is 14.8 Å². The molecule has 0 saturated carbocycles. The molecule has 0 radical (unpaired) electrons. The molecule has 224 valence electrons. The number of hydrogen-bond acceptors (Lipinski definition) is 8. The molecule has 2 aromatic carbocycles. The van der Waals surface area contributed by atoms with Gasteiger partial charge in [0.15, 0.2) is 0 Å². The summed E-state index contributed by atoms with van der Waals surface area (Å²) in [5.74, 6) is 1.09. The minimum atomic E-state index is -0.965. The Balaban J connectivity index is 1.09. The van der Waals surface area contributed by atoms with E-state index in [0.717, 1.165) is 54.2 Å². The Kier molecular flexibility index (Phi) is 8.45. The summed E-state index contributed by atoms with van der Waals surface area (Å²) in [4.78, 5) is 27.5. The van der Waals surface area contributed by atoms with Crippen LogP contribution in [-0.2, 0) is 26.7 Å². The lowest BCUT2D eigenvalue weighted by Crippen LogP contribution is -2.38. The van der Waals surface area contributed by atoms with Gasteiger partial charge in [-0.1, -0.05) is 11.6 Å². The van der Waals surface area contributed by atoms with E-state index in [1.54, 1.807) is 48.9 Å². The number of likely N-dealkylation sites (tertiary alicyclic amines) is 1. The first-order valence-electron chi connectivity index (χ1n) is 14.2. The topological polar surface area (TPSA) is 131 Å². The van der Waals surface area contributed by atoms with Crippen LogP contribution in [-0.4, -0.2) is 59.3 Å². The first-order valence-corrected chi connectivity index (χ1v) is 14.6. The molecule has 0 unspecified atom stereocenters. The largest absolute Gasteiger partial charge is 0.490 e. The number of fused-ring (bicyclic) bond motifs is 1. The van der Waals surface area contributed by atoms with Crippen molar-refractivity contribution in [2.24, 2.45) is 7.05 Å². The Morgan fingerprint density at radius 3 is 2.73 bits per heavy atom. The minimum absolute atomic E-state index is 0.0512. The van der Waals surface area contributed by atoms with Crippen LogP contribution in [0.25, 0.3) is 11.0 Å². The summed E-state index contributed by atoms with van der Waals surface area (Å²) in [6, 6.07) is 15.8. The van der Waals surface area contributed by atoms with Gasteiger partial charge in [-0.15, -0.1) is 0 Å². The molecule has 12 heteroatoms. The van der Waals surface area contributed by atoms with Gasteiger partial charge in [-0.3, -0.25) is 9.88 Å². The van der Waals surface area contributed by atoms with Gasteiger partial charge in [0.25, 0.3) is 0 Å². The predicted molar refractivity (Wildman–Crippen MR) is 163 cm³/mol. The van der Waals surface area contributed by atoms with E-state index in [1.165, 1.54) is 0 Å². The molecule has 3 aromatic heterocycles. The van der Waals surface area contributed by atoms with E-state index in [-0.39, 0.29) is 18.3 Å². The number of carboxylic acids is 1. The number of halogens is 1. The maximum absolute atomic E-state index is 11.7. The second-order valence-electron chi connectivity index (χ2n) is 10.7. The highest BCUT2D eigenvalue weighted by Crippen LogP contribution is 2.26. The lowest BCUT2D eigenvalue weighted by atomic mass is 10.1. The van der Waals surface area contributed by atoms with Gasteiger partial charge in [0, 0.05) is 43.6 Å². The van der Waals surface area contributed by atoms with E-state index in [9.17, 15) is 15.2 Å². The van der Waals surface area contributed by atoms with Crippen molar-refractivity contribution in [2.45, 2.75) is 38.6 Å². The minimum Gasteiger partial charge on any atom is -0.490 e. The van der Waals surface area contributed by atoms with Crippen LogP contribution < -0.4 is 9.47 Å². The van der Waals surface area contributed by atoms with Crippen molar-refractivity contribution in [3.8, 4) is 17.6 Å². The van der Waals surface area contributed by atoms with Crippen LogP contribution in [0.5, 0.6) is 11.5 Å². The van der Waals surface area contributed by atoms with Gasteiger partial charge in [0.1, 0.15) is 36.1 Å². The molecule has 0 atom stereocenters. The molecule has 1 fully saturated rings. The van der Waals surface area contributed by atoms with Crippen LogP contribution in [0, 0.1) is 11.3 Å². The molecule has 1 aliphatic heterocycles. The normalized spacial score (nSPS) is 14.0. The standard InChI is InChI=1S/C32H30ClN7O4/c1-38-20-35-16-25(38)17-40-29-13-21(32(41)42)2-4-28(29)37-31(40)18-39-10-7-26(8-11-39)44-27-6-9-36-24(14-27)19-43-30-5-3-23(33)12-22(30)15-34/h2-6,9,12-14,16,20,26H,7-8,10-11,17-19H2,1H3,(H,41,42). The third-order valence-corrected chi connectivity index (χ3v) is 7.97. The molecule has 0 amide bonds. The summed E-state index contributed by atoms with van der Waals surface area (Å²) in [5.41, 5.74) is 3.85. The Bertz CT molecular complexity index is 1850. The number of pyridine rings is 1. The fourth-order valence-corrected chi connectivity index (χ4v) is 5.53. The average Bonchev–Trinajstić information content (AvgIpc) is 3.59. The summed E-state index contributed by atoms with van der Waals surface area (Å²) in [6.45, 7) is 3.02. The van der Waals surface area contributed by atoms with Crippen LogP contribution in [0.1, 0.15) is 46.0 Å². The van der Waals surface area contributed by atoms with Crippen LogP contribution in [0.4, 0.5) is 0 Å². The smallest absolute Gasteiger partial charge is 0.335 e. The summed E-state index contributed by atoms with van der Waals surface area (Å²) in [6.07, 6.45) is 7.00. The van der Waals surface area contributed by atoms with Crippen LogP contribution in [0.15, 0.2) is 67.3 Å². The van der Waals surface area contributed by atoms with E-state index in [0.29, 0.717) is 35.1 Å². The zero-order chi connectivity index (χ0) is 30.6. The number of aryl methyl sites for hydroxylation is 1. The van der Waals surface area contributed by atoms with Crippen molar-refractivity contribution in [1.82, 2.24) is 29.0 Å². The Morgan fingerprint density at radius 1 is 1.14 bits per heavy atom. The highest BCUT2D eigenvalue weighted by Gasteiger charge is 2.23. The van der Waals surface area contributed by atoms with Gasteiger partial charge in [-0.2, -0.15) is 5.26 Å². The highest BCUT2D eigenvalue weighted by molar-refractivity contribution is 6.30. The summed E-state index contributed by atoms with van der Waals surface area (Å²) in [5, 5.41) is 19.4. The van der Waals surface area contributed by atoms with Crippen LogP contribution in [0.3, 0.4) is 0 Å². The Morgan fingerprint density at radius 2 is 1.98 bits per heavy atom. The summed E-state index contributed by atoms with van der Waals surface area (Å²) in [7, 11) is 1.94. The van der Waals surface area contributed by atoms with Crippen LogP contribution >= 0.6 is 11.6 Å². The number of piperidine rings is 1. The number of aromatic nitrogens is 5. The molecule has 6 rings (SSSR count). The zero-order valence-electron chi connectivity index (χ0n) is 24.1. The van der Waals surface area contributed by atoms with E-state index in [4.69, 9.17) is 26.1 Å². The van der Waals surface area contributed by atoms with Crippen LogP contribution in [0.2, 0.25) is 5.02 Å². The molecule has 1 N–H and O–H groups in total. The van der Waals surface area contributed by atoms with Crippen molar-refractivity contribution in [1.29, 1.82) is 5.26 Å². The molecular weight excluding hydrogens is 582 g/mol. The van der Waals surface area contributed by atoms with Gasteiger partial charge in [0.05, 0.1) is 53.0 Å². The Labute approximate surface area is 258 Å². The molecule has 1 saturated heterocycles. The summed E-state index contributed by atoms with van der Waals surface area (Å²) >= 11 is 5.98. The second-order valence-corrected chi connectivity index (χ2v) is 11.2. The number of nitrogens with zero attached hydrogens (tertiary/aromatic N) is 7. The third kappa shape index (κ3) is 6.51. The fourth-order valence-electron chi connectivity index (χ4n) is 5.35. The number of hydrogen-bond donors (Lipinski definition) is 1. The maximum atomic E-state index is 11.7. The first-order chi connectivity index (χ1) is 21.4. The van der Waals surface area contributed by atoms with E-state index >= 15 is 0 Å². The molecule has 11 nitrogen and oxygen atoms in total. The van der Waals surface area contributed by atoms with Crippen molar-refractivity contribution in [3.63, 3.8) is 0 Å². The number of aromatic carboxylic acids is 1. The van der Waals surface area contributed by atoms with E-state index in [1.807, 2.05) is 29.9 Å². The zero-order valence-corrected chi connectivity index (χ0v) is 24.8. The molecule has 1 aliphatic rings. The predicted octanol–water partition coefficient (Wildman–Crippen LogP) is 5.06. The number of carboxylic acid groups (broad SMARTS) is 1. The lowest BCUT2D eigenvalue weighted by Gasteiger charge is -2.32. The number of carbonyl (C=O) groups is 1. The summed E-state index contributed by atoms with van der Waals surface area (Å²) < 4.78 is 16.2. The van der Waals surface area contributed by atoms with Gasteiger partial charge >= 0.3 is 5.97 Å². The maximum Gasteiger partial charge on any atom is 0.335 e. The molecule has 0 spiro atoms. The van der Waals surface area contributed by atoms with Crippen molar-refractivity contribution in [2.75, 3.05) is 13.1 Å². The molecular formula is C32H30ClN7O4. The SMILES string of the molecule is Cn1cncc1Cn1c(CN2CCC(Oc3ccnc(COc4ccc(Cl)cc4C#N)c3)CC2)nc2ccc(C(=O)O)cc21. The monoisotopic (exact) mass is 611 g/mol. The van der Waals surface area contributed by atoms with Gasteiger partial charge in [0.2, 0.25) is 0 Å². The van der Waals surface area contributed by atoms with E-state index in [2.05, 4.69) is 25.5 Å². The Hall–Kier alpha value is -4.92. The van der Waals surface area contributed by atoms with Crippen molar-refractivity contribution in [3.05, 3.63) is 101 Å². The first kappa shape index (κ1) is 29.2. The van der Waals surface area contributed by atoms with E-state index < -0.39 is 5.97 Å². The number of nitriles is 1. The fraction of sp³-hybridized carbons (Fsp3) is 0.281. The molecule has 0 aliphatic carbocycles. The average molecular weight is 612 g/mol. The van der Waals surface area contributed by atoms with Gasteiger partial charge in [-0.05, 0) is 55.3 Å². The second kappa shape index (κ2) is 12.8. The van der Waals surface area contributed by atoms with Crippen molar-refractivity contribution >= 4 is 28.6 Å². The number of imidazole rings is 2. The van der Waals surface area contributed by atoms with Gasteiger partial charge < -0.3 is 23.7 Å². The molecule has 44 heavy (non-hydrogen) atoms. The lowest BCUT2D eigenvalue weighted by molar-refractivity contribution is 0.0697. The number of benzene rings is 2. The number of ether oxygens (including phenoxy) is 2. The number of rotatable bonds is 10.